The first-order chi connectivity index (χ1) is 14.9. The van der Waals surface area contributed by atoms with Crippen LogP contribution >= 0.6 is 0 Å². The van der Waals surface area contributed by atoms with E-state index in [1.54, 1.807) is 60.8 Å². The Morgan fingerprint density at radius 1 is 0.903 bits per heavy atom. The molecule has 4 rings (SSSR count). The van der Waals surface area contributed by atoms with Crippen molar-refractivity contribution >= 4 is 39.0 Å². The lowest BCUT2D eigenvalue weighted by molar-refractivity contribution is -0.115. The fourth-order valence-electron chi connectivity index (χ4n) is 2.94. The van der Waals surface area contributed by atoms with E-state index in [-0.39, 0.29) is 23.2 Å². The molecule has 3 aromatic rings. The monoisotopic (exact) mass is 435 g/mol. The molecule has 0 aliphatic carbocycles. The minimum atomic E-state index is -3.72. The second-order valence-electron chi connectivity index (χ2n) is 6.59. The first-order valence-corrected chi connectivity index (χ1v) is 10.7. The zero-order chi connectivity index (χ0) is 21.8. The SMILES string of the molecule is O=C(CNC(=O)c1ccc(NC2=NS(=O)(=O)c3ccccc32)cc1)Nc1cccnc1. The van der Waals surface area contributed by atoms with Crippen molar-refractivity contribution in [2.24, 2.45) is 4.40 Å². The maximum Gasteiger partial charge on any atom is 0.285 e. The lowest BCUT2D eigenvalue weighted by Gasteiger charge is -2.09. The number of amidine groups is 1. The zero-order valence-corrected chi connectivity index (χ0v) is 16.9. The number of anilines is 2. The predicted molar refractivity (Wildman–Crippen MR) is 115 cm³/mol. The Bertz CT molecular complexity index is 1270. The molecule has 1 aliphatic heterocycles. The standard InChI is InChI=1S/C21H17N5O4S/c27-19(24-16-4-3-11-22-12-16)13-23-21(28)14-7-9-15(10-8-14)25-20-17-5-1-2-6-18(17)31(29,30)26-20/h1-12H,13H2,(H,23,28)(H,24,27)(H,25,26). The van der Waals surface area contributed by atoms with Crippen molar-refractivity contribution in [1.29, 1.82) is 0 Å². The van der Waals surface area contributed by atoms with Gasteiger partial charge in [-0.05, 0) is 48.5 Å². The maximum absolute atomic E-state index is 12.3. The third-order valence-electron chi connectivity index (χ3n) is 4.40. The second kappa shape index (κ2) is 8.36. The summed E-state index contributed by atoms with van der Waals surface area (Å²) < 4.78 is 28.0. The van der Waals surface area contributed by atoms with Gasteiger partial charge in [0, 0.05) is 23.0 Å². The number of benzene rings is 2. The van der Waals surface area contributed by atoms with Crippen molar-refractivity contribution < 1.29 is 18.0 Å². The normalized spacial score (nSPS) is 13.6. The summed E-state index contributed by atoms with van der Waals surface area (Å²) in [6.45, 7) is -0.195. The second-order valence-corrected chi connectivity index (χ2v) is 8.16. The number of amides is 2. The van der Waals surface area contributed by atoms with Crippen LogP contribution in [0.15, 0.2) is 82.4 Å². The summed E-state index contributed by atoms with van der Waals surface area (Å²) in [5.74, 6) is -0.572. The summed E-state index contributed by atoms with van der Waals surface area (Å²) in [4.78, 5) is 28.2. The molecule has 2 heterocycles. The van der Waals surface area contributed by atoms with Crippen molar-refractivity contribution in [1.82, 2.24) is 10.3 Å². The van der Waals surface area contributed by atoms with Crippen LogP contribution < -0.4 is 16.0 Å². The Balaban J connectivity index is 1.36. The minimum absolute atomic E-state index is 0.151. The first kappa shape index (κ1) is 20.2. The molecule has 31 heavy (non-hydrogen) atoms. The topological polar surface area (TPSA) is 130 Å². The Morgan fingerprint density at radius 3 is 2.42 bits per heavy atom. The summed E-state index contributed by atoms with van der Waals surface area (Å²) in [6.07, 6.45) is 3.09. The molecule has 0 unspecified atom stereocenters. The van der Waals surface area contributed by atoms with Crippen LogP contribution in [0, 0.1) is 0 Å². The number of carbonyl (C=O) groups excluding carboxylic acids is 2. The number of pyridine rings is 1. The number of rotatable bonds is 5. The van der Waals surface area contributed by atoms with E-state index in [0.717, 1.165) is 0 Å². The first-order valence-electron chi connectivity index (χ1n) is 9.22. The molecule has 1 aliphatic rings. The summed E-state index contributed by atoms with van der Waals surface area (Å²) >= 11 is 0. The highest BCUT2D eigenvalue weighted by Gasteiger charge is 2.28. The summed E-state index contributed by atoms with van der Waals surface area (Å²) in [7, 11) is -3.72. The minimum Gasteiger partial charge on any atom is -0.343 e. The molecule has 0 fully saturated rings. The maximum atomic E-state index is 12.3. The van der Waals surface area contributed by atoms with Gasteiger partial charge in [-0.2, -0.15) is 8.42 Å². The molecule has 0 saturated carbocycles. The fraction of sp³-hybridized carbons (Fsp3) is 0.0476. The van der Waals surface area contributed by atoms with Gasteiger partial charge in [0.05, 0.1) is 18.4 Å². The van der Waals surface area contributed by atoms with Gasteiger partial charge < -0.3 is 16.0 Å². The largest absolute Gasteiger partial charge is 0.343 e. The average molecular weight is 435 g/mol. The van der Waals surface area contributed by atoms with Gasteiger partial charge in [0.1, 0.15) is 4.90 Å². The summed E-state index contributed by atoms with van der Waals surface area (Å²) in [5.41, 5.74) is 1.94. The van der Waals surface area contributed by atoms with Crippen molar-refractivity contribution in [2.75, 3.05) is 17.2 Å². The third kappa shape index (κ3) is 4.59. The van der Waals surface area contributed by atoms with Crippen molar-refractivity contribution in [3.8, 4) is 0 Å². The molecule has 2 amide bonds. The molecule has 10 heteroatoms. The lowest BCUT2D eigenvalue weighted by Crippen LogP contribution is -2.32. The lowest BCUT2D eigenvalue weighted by atomic mass is 10.1. The van der Waals surface area contributed by atoms with E-state index in [1.165, 1.54) is 12.3 Å². The highest BCUT2D eigenvalue weighted by atomic mass is 32.2. The van der Waals surface area contributed by atoms with E-state index in [0.29, 0.717) is 22.5 Å². The van der Waals surface area contributed by atoms with E-state index in [9.17, 15) is 18.0 Å². The Labute approximate surface area is 178 Å². The molecule has 0 atom stereocenters. The Kier molecular flexibility index (Phi) is 5.46. The van der Waals surface area contributed by atoms with E-state index in [2.05, 4.69) is 25.3 Å². The molecule has 0 spiro atoms. The molecule has 9 nitrogen and oxygen atoms in total. The number of hydrogen-bond donors (Lipinski definition) is 3. The predicted octanol–water partition coefficient (Wildman–Crippen LogP) is 2.01. The molecular weight excluding hydrogens is 418 g/mol. The molecule has 156 valence electrons. The van der Waals surface area contributed by atoms with Gasteiger partial charge in [-0.1, -0.05) is 12.1 Å². The van der Waals surface area contributed by atoms with Crippen molar-refractivity contribution in [2.45, 2.75) is 4.90 Å². The van der Waals surface area contributed by atoms with Crippen molar-refractivity contribution in [3.05, 3.63) is 84.2 Å². The molecule has 2 aromatic carbocycles. The zero-order valence-electron chi connectivity index (χ0n) is 16.1. The highest BCUT2D eigenvalue weighted by molar-refractivity contribution is 7.90. The average Bonchev–Trinajstić information content (AvgIpc) is 3.03. The molecule has 3 N–H and O–H groups in total. The van der Waals surface area contributed by atoms with E-state index < -0.39 is 15.9 Å². The van der Waals surface area contributed by atoms with Gasteiger partial charge in [-0.25, -0.2) is 0 Å². The van der Waals surface area contributed by atoms with E-state index in [1.807, 2.05) is 0 Å². The van der Waals surface area contributed by atoms with Crippen LogP contribution in [-0.2, 0) is 14.8 Å². The van der Waals surface area contributed by atoms with Gasteiger partial charge >= 0.3 is 0 Å². The Hall–Kier alpha value is -4.05. The van der Waals surface area contributed by atoms with Gasteiger partial charge in [-0.15, -0.1) is 4.40 Å². The number of nitrogens with zero attached hydrogens (tertiary/aromatic N) is 2. The van der Waals surface area contributed by atoms with Gasteiger partial charge in [0.2, 0.25) is 5.91 Å². The number of carbonyl (C=O) groups is 2. The van der Waals surface area contributed by atoms with Crippen LogP contribution in [0.4, 0.5) is 11.4 Å². The molecule has 0 radical (unpaired) electrons. The van der Waals surface area contributed by atoms with Gasteiger partial charge in [-0.3, -0.25) is 14.6 Å². The number of nitrogens with one attached hydrogen (secondary N) is 3. The van der Waals surface area contributed by atoms with Crippen molar-refractivity contribution in [3.63, 3.8) is 0 Å². The quantitative estimate of drug-likeness (QED) is 0.562. The summed E-state index contributed by atoms with van der Waals surface area (Å²) in [6, 6.07) is 16.3. The molecule has 0 bridgehead atoms. The van der Waals surface area contributed by atoms with Crippen LogP contribution in [0.3, 0.4) is 0 Å². The molecule has 0 saturated heterocycles. The van der Waals surface area contributed by atoms with Crippen LogP contribution in [0.5, 0.6) is 0 Å². The smallest absolute Gasteiger partial charge is 0.285 e. The number of hydrogen-bond acceptors (Lipinski definition) is 6. The highest BCUT2D eigenvalue weighted by Crippen LogP contribution is 2.26. The fourth-order valence-corrected chi connectivity index (χ4v) is 4.12. The van der Waals surface area contributed by atoms with Gasteiger partial charge in [0.25, 0.3) is 15.9 Å². The van der Waals surface area contributed by atoms with Crippen LogP contribution in [-0.4, -0.2) is 37.6 Å². The number of fused-ring (bicyclic) bond motifs is 1. The third-order valence-corrected chi connectivity index (χ3v) is 5.73. The van der Waals surface area contributed by atoms with Gasteiger partial charge in [0.15, 0.2) is 5.84 Å². The van der Waals surface area contributed by atoms with E-state index >= 15 is 0 Å². The van der Waals surface area contributed by atoms with Crippen LogP contribution in [0.1, 0.15) is 15.9 Å². The Morgan fingerprint density at radius 2 is 1.68 bits per heavy atom. The number of sulfonamides is 1. The molecular formula is C21H17N5O4S. The molecule has 1 aromatic heterocycles. The van der Waals surface area contributed by atoms with Crippen LogP contribution in [0.25, 0.3) is 0 Å². The van der Waals surface area contributed by atoms with Crippen LogP contribution in [0.2, 0.25) is 0 Å². The number of aromatic nitrogens is 1. The van der Waals surface area contributed by atoms with E-state index in [4.69, 9.17) is 0 Å². The summed E-state index contributed by atoms with van der Waals surface area (Å²) in [5, 5.41) is 8.13.